The molecule has 0 fully saturated rings. The summed E-state index contributed by atoms with van der Waals surface area (Å²) in [6, 6.07) is 4.41. The molecule has 1 aromatic carbocycles. The van der Waals surface area contributed by atoms with Crippen molar-refractivity contribution < 1.29 is 36.4 Å². The quantitative estimate of drug-likeness (QED) is 0.777. The van der Waals surface area contributed by atoms with Gasteiger partial charge in [0.25, 0.3) is 0 Å². The van der Waals surface area contributed by atoms with E-state index in [2.05, 4.69) is 4.84 Å². The van der Waals surface area contributed by atoms with Crippen LogP contribution in [0.15, 0.2) is 34.1 Å². The summed E-state index contributed by atoms with van der Waals surface area (Å²) in [4.78, 5) is 25.6. The second kappa shape index (κ2) is 6.54. The van der Waals surface area contributed by atoms with Crippen molar-refractivity contribution in [3.63, 3.8) is 0 Å². The summed E-state index contributed by atoms with van der Waals surface area (Å²) in [5, 5.41) is 9.01. The molecule has 0 unspecified atom stereocenters. The Hall–Kier alpha value is -2.14. The molecule has 11 heteroatoms. The topological polar surface area (TPSA) is 135 Å². The molecule has 0 aromatic heterocycles. The lowest BCUT2D eigenvalue weighted by Crippen LogP contribution is -2.39. The van der Waals surface area contributed by atoms with Crippen molar-refractivity contribution in [2.75, 3.05) is 6.26 Å². The predicted molar refractivity (Wildman–Crippen MR) is 77.5 cm³/mol. The number of carbonyl (C=O) groups excluding carboxylic acids is 1. The zero-order chi connectivity index (χ0) is 18.0. The van der Waals surface area contributed by atoms with Gasteiger partial charge in [-0.2, -0.15) is 8.42 Å². The van der Waals surface area contributed by atoms with Crippen LogP contribution in [0.4, 0.5) is 4.79 Å². The maximum absolute atomic E-state index is 12.4. The molecule has 128 valence electrons. The zero-order valence-corrected chi connectivity index (χ0v) is 14.1. The van der Waals surface area contributed by atoms with Gasteiger partial charge in [0.2, 0.25) is 0 Å². The van der Waals surface area contributed by atoms with E-state index in [0.29, 0.717) is 0 Å². The second-order valence-electron chi connectivity index (χ2n) is 4.80. The fourth-order valence-electron chi connectivity index (χ4n) is 1.44. The Balaban J connectivity index is 3.50. The first-order chi connectivity index (χ1) is 10.4. The highest BCUT2D eigenvalue weighted by Gasteiger charge is 2.37. The van der Waals surface area contributed by atoms with E-state index in [1.54, 1.807) is 0 Å². The van der Waals surface area contributed by atoms with Gasteiger partial charge in [0, 0.05) is 6.26 Å². The molecular formula is C12H15NO8S2. The van der Waals surface area contributed by atoms with E-state index in [1.807, 2.05) is 0 Å². The first-order valence-corrected chi connectivity index (χ1v) is 9.51. The number of hydrogen-bond donors (Lipinski definition) is 1. The van der Waals surface area contributed by atoms with Crippen molar-refractivity contribution in [2.24, 2.45) is 5.92 Å². The summed E-state index contributed by atoms with van der Waals surface area (Å²) < 4.78 is 47.6. The Bertz CT molecular complexity index is 826. The van der Waals surface area contributed by atoms with Gasteiger partial charge in [0.05, 0.1) is 10.8 Å². The van der Waals surface area contributed by atoms with Crippen LogP contribution in [0.25, 0.3) is 0 Å². The van der Waals surface area contributed by atoms with Crippen LogP contribution in [0.3, 0.4) is 0 Å². The van der Waals surface area contributed by atoms with Crippen LogP contribution in [-0.2, 0) is 29.5 Å². The normalized spacial score (nSPS) is 12.0. The van der Waals surface area contributed by atoms with Crippen LogP contribution in [0.5, 0.6) is 0 Å². The highest BCUT2D eigenvalue weighted by Crippen LogP contribution is 2.25. The number of rotatable bonds is 4. The van der Waals surface area contributed by atoms with Gasteiger partial charge >= 0.3 is 22.1 Å². The van der Waals surface area contributed by atoms with E-state index in [1.165, 1.54) is 26.0 Å². The number of sulfone groups is 1. The number of hydroxylamine groups is 1. The fraction of sp³-hybridized carbons (Fsp3) is 0.333. The third-order valence-corrected chi connectivity index (χ3v) is 5.41. The first kappa shape index (κ1) is 18.9. The SMILES string of the molecule is CC(C)C(=O)ON(C(=O)O)S(=O)(=O)c1ccccc1S(C)(=O)=O. The predicted octanol–water partition coefficient (Wildman–Crippen LogP) is 0.873. The molecule has 0 saturated heterocycles. The average molecular weight is 365 g/mol. The third kappa shape index (κ3) is 4.20. The van der Waals surface area contributed by atoms with Gasteiger partial charge in [-0.1, -0.05) is 26.0 Å². The molecule has 0 heterocycles. The molecule has 9 nitrogen and oxygen atoms in total. The number of sulfonamides is 1. The summed E-state index contributed by atoms with van der Waals surface area (Å²) in [6.07, 6.45) is -1.31. The highest BCUT2D eigenvalue weighted by molar-refractivity contribution is 7.93. The molecule has 0 aliphatic rings. The van der Waals surface area contributed by atoms with E-state index >= 15 is 0 Å². The molecule has 1 amide bonds. The van der Waals surface area contributed by atoms with Crippen molar-refractivity contribution in [3.8, 4) is 0 Å². The Morgan fingerprint density at radius 3 is 1.96 bits per heavy atom. The average Bonchev–Trinajstić information content (AvgIpc) is 2.42. The van der Waals surface area contributed by atoms with Gasteiger partial charge in [-0.05, 0) is 16.6 Å². The van der Waals surface area contributed by atoms with Gasteiger partial charge in [0.1, 0.15) is 4.90 Å². The number of carbonyl (C=O) groups is 2. The van der Waals surface area contributed by atoms with Crippen LogP contribution in [0.2, 0.25) is 0 Å². The summed E-state index contributed by atoms with van der Waals surface area (Å²) in [5.41, 5.74) is 0. The lowest BCUT2D eigenvalue weighted by molar-refractivity contribution is -0.168. The summed E-state index contributed by atoms with van der Waals surface area (Å²) in [7, 11) is -8.89. The number of carboxylic acid groups (broad SMARTS) is 1. The molecular weight excluding hydrogens is 350 g/mol. The Morgan fingerprint density at radius 2 is 1.57 bits per heavy atom. The fourth-order valence-corrected chi connectivity index (χ4v) is 4.09. The van der Waals surface area contributed by atoms with Crippen LogP contribution in [0, 0.1) is 5.92 Å². The van der Waals surface area contributed by atoms with Crippen molar-refractivity contribution in [1.29, 1.82) is 0 Å². The van der Waals surface area contributed by atoms with Crippen molar-refractivity contribution in [2.45, 2.75) is 23.6 Å². The summed E-state index contributed by atoms with van der Waals surface area (Å²) >= 11 is 0. The lowest BCUT2D eigenvalue weighted by Gasteiger charge is -2.19. The van der Waals surface area contributed by atoms with Crippen LogP contribution < -0.4 is 0 Å². The largest absolute Gasteiger partial charge is 0.462 e. The summed E-state index contributed by atoms with van der Waals surface area (Å²) in [6.45, 7) is 2.75. The van der Waals surface area contributed by atoms with Gasteiger partial charge in [-0.15, -0.1) is 0 Å². The van der Waals surface area contributed by atoms with Gasteiger partial charge in [-0.3, -0.25) is 0 Å². The Labute approximate surface area is 133 Å². The minimum absolute atomic E-state index is 0.542. The second-order valence-corrected chi connectivity index (χ2v) is 8.50. The van der Waals surface area contributed by atoms with E-state index in [0.717, 1.165) is 18.4 Å². The number of nitrogens with zero attached hydrogens (tertiary/aromatic N) is 1. The smallest absolute Gasteiger partial charge is 0.456 e. The van der Waals surface area contributed by atoms with E-state index in [4.69, 9.17) is 5.11 Å². The molecule has 1 rings (SSSR count). The van der Waals surface area contributed by atoms with Gasteiger partial charge in [-0.25, -0.2) is 18.0 Å². The van der Waals surface area contributed by atoms with Crippen LogP contribution in [-0.4, -0.2) is 44.7 Å². The molecule has 0 bridgehead atoms. The van der Waals surface area contributed by atoms with Crippen molar-refractivity contribution >= 4 is 31.9 Å². The highest BCUT2D eigenvalue weighted by atomic mass is 32.2. The molecule has 0 spiro atoms. The minimum Gasteiger partial charge on any atom is -0.462 e. The minimum atomic E-state index is -4.93. The third-order valence-electron chi connectivity index (χ3n) is 2.55. The van der Waals surface area contributed by atoms with E-state index < -0.39 is 52.1 Å². The first-order valence-electron chi connectivity index (χ1n) is 6.18. The number of amides is 1. The Kier molecular flexibility index (Phi) is 5.38. The molecule has 0 radical (unpaired) electrons. The molecule has 23 heavy (non-hydrogen) atoms. The molecule has 0 saturated carbocycles. The number of hydrogen-bond acceptors (Lipinski definition) is 7. The number of benzene rings is 1. The maximum atomic E-state index is 12.4. The van der Waals surface area contributed by atoms with E-state index in [-0.39, 0.29) is 0 Å². The molecule has 0 aliphatic heterocycles. The van der Waals surface area contributed by atoms with Crippen molar-refractivity contribution in [3.05, 3.63) is 24.3 Å². The standard InChI is InChI=1S/C12H15NO8S2/c1-8(2)11(14)21-13(12(15)16)23(19,20)10-7-5-4-6-9(10)22(3,17)18/h4-8H,1-3H3,(H,15,16). The molecule has 1 N–H and O–H groups in total. The van der Waals surface area contributed by atoms with E-state index in [9.17, 15) is 26.4 Å². The van der Waals surface area contributed by atoms with Crippen LogP contribution >= 0.6 is 0 Å². The van der Waals surface area contributed by atoms with Gasteiger partial charge < -0.3 is 9.94 Å². The lowest BCUT2D eigenvalue weighted by atomic mass is 10.2. The van der Waals surface area contributed by atoms with Crippen LogP contribution in [0.1, 0.15) is 13.8 Å². The molecule has 0 atom stereocenters. The Morgan fingerprint density at radius 1 is 1.09 bits per heavy atom. The zero-order valence-electron chi connectivity index (χ0n) is 12.5. The molecule has 1 aromatic rings. The van der Waals surface area contributed by atoms with Crippen molar-refractivity contribution in [1.82, 2.24) is 4.47 Å². The summed E-state index contributed by atoms with van der Waals surface area (Å²) in [5.74, 6) is -1.90. The monoisotopic (exact) mass is 365 g/mol. The van der Waals surface area contributed by atoms with Gasteiger partial charge in [0.15, 0.2) is 9.84 Å². The maximum Gasteiger partial charge on any atom is 0.456 e. The molecule has 0 aliphatic carbocycles.